The van der Waals surface area contributed by atoms with Crippen molar-refractivity contribution in [2.45, 2.75) is 37.8 Å². The number of aromatic nitrogens is 2. The van der Waals surface area contributed by atoms with Gasteiger partial charge in [-0.3, -0.25) is 14.4 Å². The van der Waals surface area contributed by atoms with Gasteiger partial charge in [0.15, 0.2) is 5.69 Å². The molecule has 2 aromatic rings. The molecule has 0 spiro atoms. The second-order valence-electron chi connectivity index (χ2n) is 6.46. The van der Waals surface area contributed by atoms with Gasteiger partial charge >= 0.3 is 0 Å². The van der Waals surface area contributed by atoms with E-state index >= 15 is 0 Å². The highest BCUT2D eigenvalue weighted by Gasteiger charge is 2.35. The Labute approximate surface area is 130 Å². The van der Waals surface area contributed by atoms with Crippen LogP contribution in [0.5, 0.6) is 0 Å². The number of carbonyl (C=O) groups is 1. The van der Waals surface area contributed by atoms with E-state index in [2.05, 4.69) is 15.3 Å². The fraction of sp³-hybridized carbons (Fsp3) is 0.529. The van der Waals surface area contributed by atoms with Crippen LogP contribution in [0, 0.1) is 0 Å². The molecule has 5 nitrogen and oxygen atoms in total. The van der Waals surface area contributed by atoms with E-state index in [-0.39, 0.29) is 11.9 Å². The highest BCUT2D eigenvalue weighted by molar-refractivity contribution is 6.04. The van der Waals surface area contributed by atoms with Crippen LogP contribution in [0.2, 0.25) is 0 Å². The van der Waals surface area contributed by atoms with Crippen LogP contribution >= 0.6 is 0 Å². The summed E-state index contributed by atoms with van der Waals surface area (Å²) in [5, 5.41) is 8.62. The Balaban J connectivity index is 1.58. The minimum atomic E-state index is -0.0319. The summed E-state index contributed by atoms with van der Waals surface area (Å²) in [7, 11) is 1.89. The number of piperidine rings is 1. The third kappa shape index (κ3) is 2.20. The van der Waals surface area contributed by atoms with Crippen molar-refractivity contribution in [3.05, 3.63) is 30.0 Å². The minimum absolute atomic E-state index is 0.0319. The lowest BCUT2D eigenvalue weighted by Crippen LogP contribution is -2.52. The van der Waals surface area contributed by atoms with Gasteiger partial charge in [0, 0.05) is 24.5 Å². The summed E-state index contributed by atoms with van der Waals surface area (Å²) in [5.74, 6) is -0.0319. The molecule has 5 heteroatoms. The van der Waals surface area contributed by atoms with Gasteiger partial charge in [0.2, 0.25) is 0 Å². The molecule has 0 aliphatic carbocycles. The number of hydrogen-bond acceptors (Lipinski definition) is 3. The van der Waals surface area contributed by atoms with Gasteiger partial charge in [-0.05, 0) is 44.8 Å². The van der Waals surface area contributed by atoms with Crippen LogP contribution in [0.1, 0.15) is 36.2 Å². The number of amides is 1. The monoisotopic (exact) mass is 298 g/mol. The molecular formula is C17H22N4O. The highest BCUT2D eigenvalue weighted by Crippen LogP contribution is 2.27. The van der Waals surface area contributed by atoms with Gasteiger partial charge < -0.3 is 5.32 Å². The molecule has 0 radical (unpaired) electrons. The first-order valence-electron chi connectivity index (χ1n) is 8.21. The summed E-state index contributed by atoms with van der Waals surface area (Å²) < 4.78 is 1.78. The van der Waals surface area contributed by atoms with Gasteiger partial charge in [-0.1, -0.05) is 18.2 Å². The average Bonchev–Trinajstić information content (AvgIpc) is 3.13. The number of hydrogen-bond donors (Lipinski definition) is 1. The van der Waals surface area contributed by atoms with Gasteiger partial charge in [-0.15, -0.1) is 0 Å². The molecule has 0 unspecified atom stereocenters. The molecule has 2 aliphatic heterocycles. The van der Waals surface area contributed by atoms with Gasteiger partial charge in [0.1, 0.15) is 0 Å². The molecule has 116 valence electrons. The number of benzene rings is 1. The number of nitrogens with zero attached hydrogens (tertiary/aromatic N) is 3. The molecular weight excluding hydrogens is 276 g/mol. The van der Waals surface area contributed by atoms with Crippen molar-refractivity contribution in [1.82, 2.24) is 20.0 Å². The number of fused-ring (bicyclic) bond motifs is 2. The Morgan fingerprint density at radius 2 is 2.00 bits per heavy atom. The van der Waals surface area contributed by atoms with Gasteiger partial charge in [0.25, 0.3) is 5.91 Å². The van der Waals surface area contributed by atoms with Crippen molar-refractivity contribution in [3.63, 3.8) is 0 Å². The predicted octanol–water partition coefficient (Wildman–Crippen LogP) is 1.93. The molecule has 2 fully saturated rings. The Kier molecular flexibility index (Phi) is 3.37. The Hall–Kier alpha value is -1.88. The van der Waals surface area contributed by atoms with E-state index in [0.29, 0.717) is 11.7 Å². The van der Waals surface area contributed by atoms with Crippen LogP contribution in [-0.2, 0) is 7.05 Å². The lowest BCUT2D eigenvalue weighted by Gasteiger charge is -2.36. The maximum atomic E-state index is 12.7. The largest absolute Gasteiger partial charge is 0.346 e. The van der Waals surface area contributed by atoms with Gasteiger partial charge in [-0.2, -0.15) is 5.10 Å². The average molecular weight is 298 g/mol. The van der Waals surface area contributed by atoms with E-state index < -0.39 is 0 Å². The van der Waals surface area contributed by atoms with E-state index in [1.807, 2.05) is 31.3 Å². The summed E-state index contributed by atoms with van der Waals surface area (Å²) in [6.07, 6.45) is 4.71. The molecule has 2 saturated heterocycles. The third-order valence-electron chi connectivity index (χ3n) is 5.13. The number of rotatable bonds is 2. The standard InChI is InChI=1S/C17H22N4O/c1-20-14-8-3-2-6-12(14)16(19-20)17(22)18-13-7-4-10-21-11-5-9-15(13)21/h2-3,6,8,13,15H,4-5,7,9-11H2,1H3,(H,18,22)/t13-,15-/m0/s1. The zero-order valence-corrected chi connectivity index (χ0v) is 13.0. The van der Waals surface area contributed by atoms with E-state index in [1.165, 1.54) is 32.4 Å². The first-order valence-corrected chi connectivity index (χ1v) is 8.21. The summed E-state index contributed by atoms with van der Waals surface area (Å²) in [6, 6.07) is 8.69. The van der Waals surface area contributed by atoms with Crippen molar-refractivity contribution in [2.75, 3.05) is 13.1 Å². The SMILES string of the molecule is Cn1nc(C(=O)N[C@H]2CCCN3CCC[C@@H]23)c2ccccc21. The van der Waals surface area contributed by atoms with Crippen molar-refractivity contribution < 1.29 is 4.79 Å². The number of nitrogens with one attached hydrogen (secondary N) is 1. The van der Waals surface area contributed by atoms with E-state index in [1.54, 1.807) is 4.68 Å². The molecule has 1 N–H and O–H groups in total. The fourth-order valence-corrected chi connectivity index (χ4v) is 4.08. The van der Waals surface area contributed by atoms with Crippen molar-refractivity contribution in [2.24, 2.45) is 7.05 Å². The molecule has 2 aliphatic rings. The van der Waals surface area contributed by atoms with Crippen LogP contribution in [0.3, 0.4) is 0 Å². The summed E-state index contributed by atoms with van der Waals surface area (Å²) in [6.45, 7) is 2.37. The Morgan fingerprint density at radius 3 is 2.86 bits per heavy atom. The van der Waals surface area contributed by atoms with Gasteiger partial charge in [-0.25, -0.2) is 0 Å². The predicted molar refractivity (Wildman–Crippen MR) is 85.8 cm³/mol. The first kappa shape index (κ1) is 13.8. The Bertz CT molecular complexity index is 708. The molecule has 1 aromatic carbocycles. The maximum absolute atomic E-state index is 12.7. The van der Waals surface area contributed by atoms with E-state index in [4.69, 9.17) is 0 Å². The van der Waals surface area contributed by atoms with E-state index in [0.717, 1.165) is 17.3 Å². The Morgan fingerprint density at radius 1 is 1.23 bits per heavy atom. The molecule has 2 atom stereocenters. The topological polar surface area (TPSA) is 50.2 Å². The number of carbonyl (C=O) groups excluding carboxylic acids is 1. The van der Waals surface area contributed by atoms with Crippen LogP contribution in [0.15, 0.2) is 24.3 Å². The number of aryl methyl sites for hydroxylation is 1. The minimum Gasteiger partial charge on any atom is -0.346 e. The zero-order chi connectivity index (χ0) is 15.1. The molecule has 0 saturated carbocycles. The summed E-state index contributed by atoms with van der Waals surface area (Å²) in [4.78, 5) is 15.3. The van der Waals surface area contributed by atoms with Crippen molar-refractivity contribution in [1.29, 1.82) is 0 Å². The summed E-state index contributed by atoms with van der Waals surface area (Å²) in [5.41, 5.74) is 1.55. The summed E-state index contributed by atoms with van der Waals surface area (Å²) >= 11 is 0. The smallest absolute Gasteiger partial charge is 0.272 e. The lowest BCUT2D eigenvalue weighted by atomic mass is 9.96. The van der Waals surface area contributed by atoms with Crippen LogP contribution < -0.4 is 5.32 Å². The quantitative estimate of drug-likeness (QED) is 0.921. The molecule has 1 aromatic heterocycles. The third-order valence-corrected chi connectivity index (χ3v) is 5.13. The lowest BCUT2D eigenvalue weighted by molar-refractivity contribution is 0.0864. The van der Waals surface area contributed by atoms with Crippen molar-refractivity contribution in [3.8, 4) is 0 Å². The molecule has 22 heavy (non-hydrogen) atoms. The van der Waals surface area contributed by atoms with Crippen LogP contribution in [-0.4, -0.2) is 45.8 Å². The van der Waals surface area contributed by atoms with Crippen LogP contribution in [0.25, 0.3) is 10.9 Å². The fourth-order valence-electron chi connectivity index (χ4n) is 4.08. The van der Waals surface area contributed by atoms with E-state index in [9.17, 15) is 4.79 Å². The molecule has 1 amide bonds. The highest BCUT2D eigenvalue weighted by atomic mass is 16.2. The molecule has 0 bridgehead atoms. The molecule has 4 rings (SSSR count). The van der Waals surface area contributed by atoms with Gasteiger partial charge in [0.05, 0.1) is 5.52 Å². The van der Waals surface area contributed by atoms with Crippen molar-refractivity contribution >= 4 is 16.8 Å². The zero-order valence-electron chi connectivity index (χ0n) is 13.0. The van der Waals surface area contributed by atoms with Crippen LogP contribution in [0.4, 0.5) is 0 Å². The normalized spacial score (nSPS) is 25.3. The maximum Gasteiger partial charge on any atom is 0.272 e. The second-order valence-corrected chi connectivity index (χ2v) is 6.46. The number of para-hydroxylation sites is 1. The second kappa shape index (κ2) is 5.39. The molecule has 3 heterocycles. The first-order chi connectivity index (χ1) is 10.7.